The van der Waals surface area contributed by atoms with Gasteiger partial charge in [0.25, 0.3) is 0 Å². The fourth-order valence-electron chi connectivity index (χ4n) is 3.60. The number of rotatable bonds is 4. The molecule has 3 rings (SSSR count). The van der Waals surface area contributed by atoms with Crippen LogP contribution in [0.25, 0.3) is 0 Å². The molecule has 3 heteroatoms. The summed E-state index contributed by atoms with van der Waals surface area (Å²) >= 11 is 0. The van der Waals surface area contributed by atoms with Crippen molar-refractivity contribution in [3.63, 3.8) is 0 Å². The summed E-state index contributed by atoms with van der Waals surface area (Å²) in [5.74, 6) is 3.38. The summed E-state index contributed by atoms with van der Waals surface area (Å²) in [5.41, 5.74) is 5.97. The van der Waals surface area contributed by atoms with Gasteiger partial charge in [-0.3, -0.25) is 4.99 Å². The predicted molar refractivity (Wildman–Crippen MR) is 75.4 cm³/mol. The first kappa shape index (κ1) is 12.3. The van der Waals surface area contributed by atoms with E-state index in [0.29, 0.717) is 12.0 Å². The van der Waals surface area contributed by atoms with Crippen LogP contribution in [0.5, 0.6) is 0 Å². The Hall–Kier alpha value is -0.730. The lowest BCUT2D eigenvalue weighted by Crippen LogP contribution is -2.35. The molecule has 0 radical (unpaired) electrons. The van der Waals surface area contributed by atoms with Gasteiger partial charge in [0.1, 0.15) is 0 Å². The van der Waals surface area contributed by atoms with Crippen molar-refractivity contribution >= 4 is 5.96 Å². The number of nitrogens with one attached hydrogen (secondary N) is 1. The van der Waals surface area contributed by atoms with Crippen LogP contribution in [0.3, 0.4) is 0 Å². The van der Waals surface area contributed by atoms with E-state index in [2.05, 4.69) is 10.3 Å². The van der Waals surface area contributed by atoms with Gasteiger partial charge in [-0.1, -0.05) is 38.5 Å². The molecule has 0 spiro atoms. The molecule has 0 bridgehead atoms. The topological polar surface area (TPSA) is 50.4 Å². The molecule has 102 valence electrons. The summed E-state index contributed by atoms with van der Waals surface area (Å²) in [5, 5.41) is 3.43. The fraction of sp³-hybridized carbons (Fsp3) is 0.933. The van der Waals surface area contributed by atoms with Gasteiger partial charge in [-0.05, 0) is 37.0 Å². The van der Waals surface area contributed by atoms with Crippen molar-refractivity contribution in [2.75, 3.05) is 6.54 Å². The van der Waals surface area contributed by atoms with Gasteiger partial charge in [-0.2, -0.15) is 0 Å². The zero-order valence-electron chi connectivity index (χ0n) is 11.4. The van der Waals surface area contributed by atoms with Gasteiger partial charge < -0.3 is 11.1 Å². The molecule has 3 saturated carbocycles. The molecule has 0 aromatic carbocycles. The van der Waals surface area contributed by atoms with Gasteiger partial charge in [-0.15, -0.1) is 0 Å². The van der Waals surface area contributed by atoms with Crippen molar-refractivity contribution in [3.05, 3.63) is 0 Å². The number of guanidine groups is 1. The third-order valence-corrected chi connectivity index (χ3v) is 5.17. The van der Waals surface area contributed by atoms with E-state index in [-0.39, 0.29) is 0 Å². The van der Waals surface area contributed by atoms with Crippen molar-refractivity contribution < 1.29 is 0 Å². The molecular formula is C15H27N3. The molecule has 0 aromatic rings. The van der Waals surface area contributed by atoms with Crippen LogP contribution < -0.4 is 11.1 Å². The molecule has 2 unspecified atom stereocenters. The smallest absolute Gasteiger partial charge is 0.188 e. The minimum absolute atomic E-state index is 0.637. The minimum Gasteiger partial charge on any atom is -0.370 e. The minimum atomic E-state index is 0.637. The molecule has 0 saturated heterocycles. The lowest BCUT2D eigenvalue weighted by atomic mass is 9.85. The molecule has 0 amide bonds. The largest absolute Gasteiger partial charge is 0.370 e. The van der Waals surface area contributed by atoms with E-state index in [9.17, 15) is 0 Å². The van der Waals surface area contributed by atoms with Crippen LogP contribution in [-0.4, -0.2) is 18.5 Å². The number of nitrogens with zero attached hydrogens (tertiary/aromatic N) is 1. The summed E-state index contributed by atoms with van der Waals surface area (Å²) < 4.78 is 0. The molecule has 0 heterocycles. The molecular weight excluding hydrogens is 222 g/mol. The Morgan fingerprint density at radius 3 is 2.50 bits per heavy atom. The van der Waals surface area contributed by atoms with Crippen molar-refractivity contribution in [1.29, 1.82) is 0 Å². The highest BCUT2D eigenvalue weighted by Gasteiger charge is 2.43. The second-order valence-electron chi connectivity index (χ2n) is 6.57. The van der Waals surface area contributed by atoms with E-state index in [1.807, 2.05) is 0 Å². The maximum absolute atomic E-state index is 5.97. The van der Waals surface area contributed by atoms with Crippen molar-refractivity contribution in [2.45, 2.75) is 63.8 Å². The average Bonchev–Trinajstić information content (AvgIpc) is 3.07. The Morgan fingerprint density at radius 2 is 1.83 bits per heavy atom. The van der Waals surface area contributed by atoms with E-state index in [1.54, 1.807) is 0 Å². The second kappa shape index (κ2) is 5.50. The molecule has 3 aliphatic rings. The number of nitrogens with two attached hydrogens (primary N) is 1. The fourth-order valence-corrected chi connectivity index (χ4v) is 3.60. The van der Waals surface area contributed by atoms with Crippen molar-refractivity contribution in [2.24, 2.45) is 28.5 Å². The van der Waals surface area contributed by atoms with Crippen LogP contribution in [0.4, 0.5) is 0 Å². The average molecular weight is 249 g/mol. The normalized spacial score (nSPS) is 34.1. The highest BCUT2D eigenvalue weighted by atomic mass is 15.1. The predicted octanol–water partition coefficient (Wildman–Crippen LogP) is 2.66. The highest BCUT2D eigenvalue weighted by molar-refractivity contribution is 5.78. The second-order valence-corrected chi connectivity index (χ2v) is 6.57. The van der Waals surface area contributed by atoms with E-state index in [0.717, 1.165) is 24.3 Å². The molecule has 3 N–H and O–H groups in total. The maximum Gasteiger partial charge on any atom is 0.188 e. The van der Waals surface area contributed by atoms with E-state index < -0.39 is 0 Å². The Bertz CT molecular complexity index is 303. The van der Waals surface area contributed by atoms with Crippen LogP contribution in [0.1, 0.15) is 57.8 Å². The van der Waals surface area contributed by atoms with Gasteiger partial charge in [-0.25, -0.2) is 0 Å². The first-order chi connectivity index (χ1) is 8.83. The van der Waals surface area contributed by atoms with Crippen LogP contribution in [0.2, 0.25) is 0 Å². The molecule has 3 fully saturated rings. The first-order valence-corrected chi connectivity index (χ1v) is 7.89. The van der Waals surface area contributed by atoms with Crippen LogP contribution in [0, 0.1) is 17.8 Å². The van der Waals surface area contributed by atoms with Gasteiger partial charge >= 0.3 is 0 Å². The van der Waals surface area contributed by atoms with Crippen molar-refractivity contribution in [1.82, 2.24) is 5.32 Å². The third-order valence-electron chi connectivity index (χ3n) is 5.17. The van der Waals surface area contributed by atoms with Gasteiger partial charge in [0.05, 0.1) is 0 Å². The van der Waals surface area contributed by atoms with E-state index in [1.165, 1.54) is 57.8 Å². The SMILES string of the molecule is NC(=NCC1CCC1)NC1CC1C1CCCCC1. The van der Waals surface area contributed by atoms with Gasteiger partial charge in [0.15, 0.2) is 5.96 Å². The summed E-state index contributed by atoms with van der Waals surface area (Å²) in [7, 11) is 0. The lowest BCUT2D eigenvalue weighted by molar-refractivity contribution is 0.315. The van der Waals surface area contributed by atoms with Crippen LogP contribution in [0.15, 0.2) is 4.99 Å². The summed E-state index contributed by atoms with van der Waals surface area (Å²) in [6.45, 7) is 0.944. The Morgan fingerprint density at radius 1 is 1.06 bits per heavy atom. The summed E-state index contributed by atoms with van der Waals surface area (Å²) in [4.78, 5) is 4.49. The summed E-state index contributed by atoms with van der Waals surface area (Å²) in [6.07, 6.45) is 12.6. The number of hydrogen-bond acceptors (Lipinski definition) is 1. The molecule has 2 atom stereocenters. The van der Waals surface area contributed by atoms with E-state index >= 15 is 0 Å². The summed E-state index contributed by atoms with van der Waals surface area (Å²) in [6, 6.07) is 0.637. The van der Waals surface area contributed by atoms with Gasteiger partial charge in [0.2, 0.25) is 0 Å². The van der Waals surface area contributed by atoms with Crippen LogP contribution >= 0.6 is 0 Å². The monoisotopic (exact) mass is 249 g/mol. The molecule has 3 aliphatic carbocycles. The third kappa shape index (κ3) is 2.99. The Kier molecular flexibility index (Phi) is 3.76. The quantitative estimate of drug-likeness (QED) is 0.594. The molecule has 0 aliphatic heterocycles. The zero-order valence-corrected chi connectivity index (χ0v) is 11.4. The maximum atomic E-state index is 5.97. The number of aliphatic imine (C=N–C) groups is 1. The molecule has 0 aromatic heterocycles. The lowest BCUT2D eigenvalue weighted by Gasteiger charge is -2.23. The number of hydrogen-bond donors (Lipinski definition) is 2. The standard InChI is InChI=1S/C15H27N3/c16-15(17-10-11-5-4-6-11)18-14-9-13(14)12-7-2-1-3-8-12/h11-14H,1-10H2,(H3,16,17,18). The highest BCUT2D eigenvalue weighted by Crippen LogP contribution is 2.44. The van der Waals surface area contributed by atoms with Crippen LogP contribution in [-0.2, 0) is 0 Å². The van der Waals surface area contributed by atoms with E-state index in [4.69, 9.17) is 5.73 Å². The first-order valence-electron chi connectivity index (χ1n) is 7.89. The Labute approximate surface area is 111 Å². The van der Waals surface area contributed by atoms with Gasteiger partial charge in [0, 0.05) is 12.6 Å². The molecule has 3 nitrogen and oxygen atoms in total. The molecule has 18 heavy (non-hydrogen) atoms. The zero-order chi connectivity index (χ0) is 12.4. The van der Waals surface area contributed by atoms with Crippen molar-refractivity contribution in [3.8, 4) is 0 Å². The Balaban J connectivity index is 1.38.